The Labute approximate surface area is 299 Å². The van der Waals surface area contributed by atoms with Gasteiger partial charge in [-0.25, -0.2) is 8.42 Å². The van der Waals surface area contributed by atoms with Gasteiger partial charge >= 0.3 is 29.6 Å². The SMILES string of the molecule is CCCCCCCCCCCCCC/C=C/C(CCCCCCCCCCCCCCCCCCCC)COS(=O)(=O)[O-].[Na+]. The summed E-state index contributed by atoms with van der Waals surface area (Å²) < 4.78 is 37.5. The van der Waals surface area contributed by atoms with E-state index in [0.717, 1.165) is 19.3 Å². The maximum atomic E-state index is 11.0. The fourth-order valence-corrected chi connectivity index (χ4v) is 6.45. The second-order valence-corrected chi connectivity index (χ2v) is 14.4. The molecule has 0 aromatic rings. The van der Waals surface area contributed by atoms with E-state index in [0.29, 0.717) is 0 Å². The second-order valence-electron chi connectivity index (χ2n) is 13.4. The van der Waals surface area contributed by atoms with Gasteiger partial charge in [-0.3, -0.25) is 4.18 Å². The van der Waals surface area contributed by atoms with Crippen LogP contribution in [0.3, 0.4) is 0 Å². The van der Waals surface area contributed by atoms with Crippen molar-refractivity contribution in [2.24, 2.45) is 5.92 Å². The first kappa shape index (κ1) is 46.7. The summed E-state index contributed by atoms with van der Waals surface area (Å²) in [6, 6.07) is 0. The number of hydrogen-bond donors (Lipinski definition) is 0. The molecule has 0 aromatic heterocycles. The Hall–Kier alpha value is 0.610. The molecule has 0 rings (SSSR count). The van der Waals surface area contributed by atoms with Gasteiger partial charge in [0.15, 0.2) is 0 Å². The molecule has 0 heterocycles. The summed E-state index contributed by atoms with van der Waals surface area (Å²) in [5.41, 5.74) is 0. The molecule has 1 atom stereocenters. The van der Waals surface area contributed by atoms with Gasteiger partial charge in [-0.15, -0.1) is 0 Å². The Morgan fingerprint density at radius 3 is 1.11 bits per heavy atom. The van der Waals surface area contributed by atoms with Crippen molar-refractivity contribution in [3.8, 4) is 0 Å². The molecule has 0 N–H and O–H groups in total. The van der Waals surface area contributed by atoms with E-state index in [9.17, 15) is 13.0 Å². The Bertz CT molecular complexity index is 668. The molecular weight excluding hydrogens is 575 g/mol. The first-order valence-electron chi connectivity index (χ1n) is 19.3. The van der Waals surface area contributed by atoms with Crippen molar-refractivity contribution >= 4 is 10.4 Å². The Kier molecular flexibility index (Phi) is 40.4. The van der Waals surface area contributed by atoms with E-state index in [1.54, 1.807) is 0 Å². The minimum Gasteiger partial charge on any atom is -0.726 e. The molecule has 0 radical (unpaired) electrons. The third-order valence-electron chi connectivity index (χ3n) is 8.99. The molecule has 0 aliphatic rings. The van der Waals surface area contributed by atoms with Crippen molar-refractivity contribution in [2.45, 2.75) is 219 Å². The van der Waals surface area contributed by atoms with Crippen LogP contribution in [0.4, 0.5) is 0 Å². The van der Waals surface area contributed by atoms with Crippen LogP contribution in [0.2, 0.25) is 0 Å². The van der Waals surface area contributed by atoms with Gasteiger partial charge in [0.25, 0.3) is 0 Å². The molecule has 6 heteroatoms. The van der Waals surface area contributed by atoms with E-state index in [4.69, 9.17) is 0 Å². The molecule has 0 aliphatic heterocycles. The van der Waals surface area contributed by atoms with Gasteiger partial charge in [0.2, 0.25) is 10.4 Å². The van der Waals surface area contributed by atoms with Crippen molar-refractivity contribution in [1.82, 2.24) is 0 Å². The van der Waals surface area contributed by atoms with Crippen LogP contribution in [-0.2, 0) is 14.6 Å². The van der Waals surface area contributed by atoms with Gasteiger partial charge in [-0.2, -0.15) is 0 Å². The van der Waals surface area contributed by atoms with Crippen molar-refractivity contribution < 1.29 is 46.7 Å². The largest absolute Gasteiger partial charge is 1.00 e. The summed E-state index contributed by atoms with van der Waals surface area (Å²) in [4.78, 5) is 0. The van der Waals surface area contributed by atoms with Gasteiger partial charge in [0, 0.05) is 5.92 Å². The molecule has 44 heavy (non-hydrogen) atoms. The standard InChI is InChI=1S/C38H76O4S.Na/c1-3-5-7-9-11-13-15-17-19-20-21-22-24-26-28-30-32-34-36-38(37-42-43(39,40)41)35-33-31-29-27-25-23-18-16-14-12-10-8-6-4-2;/h33,35,38H,3-32,34,36-37H2,1-2H3,(H,39,40,41);/q;+1/p-1/b35-33+;. The normalized spacial score (nSPS) is 12.6. The van der Waals surface area contributed by atoms with Crippen LogP contribution in [-0.4, -0.2) is 19.6 Å². The fraction of sp³-hybridized carbons (Fsp3) is 0.947. The maximum Gasteiger partial charge on any atom is 1.00 e. The van der Waals surface area contributed by atoms with Crippen LogP contribution in [0.15, 0.2) is 12.2 Å². The number of rotatable bonds is 36. The van der Waals surface area contributed by atoms with Gasteiger partial charge in [-0.05, 0) is 19.3 Å². The minimum absolute atomic E-state index is 0. The van der Waals surface area contributed by atoms with Crippen LogP contribution in [0, 0.1) is 5.92 Å². The fourth-order valence-electron chi connectivity index (χ4n) is 6.11. The maximum absolute atomic E-state index is 11.0. The van der Waals surface area contributed by atoms with Crippen molar-refractivity contribution in [1.29, 1.82) is 0 Å². The molecule has 0 saturated carbocycles. The van der Waals surface area contributed by atoms with Gasteiger partial charge in [0.1, 0.15) is 0 Å². The summed E-state index contributed by atoms with van der Waals surface area (Å²) in [6.45, 7) is 4.54. The molecule has 0 saturated heterocycles. The number of allylic oxidation sites excluding steroid dienone is 1. The van der Waals surface area contributed by atoms with Gasteiger partial charge in [-0.1, -0.05) is 212 Å². The summed E-state index contributed by atoms with van der Waals surface area (Å²) in [6.07, 6.45) is 46.8. The molecular formula is C38H75NaO4S. The van der Waals surface area contributed by atoms with E-state index < -0.39 is 10.4 Å². The van der Waals surface area contributed by atoms with Gasteiger partial charge < -0.3 is 4.55 Å². The molecule has 0 fully saturated rings. The summed E-state index contributed by atoms with van der Waals surface area (Å²) in [5, 5.41) is 0. The molecule has 0 amide bonds. The van der Waals surface area contributed by atoms with Crippen LogP contribution < -0.4 is 29.6 Å². The third-order valence-corrected chi connectivity index (χ3v) is 9.41. The van der Waals surface area contributed by atoms with Gasteiger partial charge in [0.05, 0.1) is 6.61 Å². The van der Waals surface area contributed by atoms with Crippen LogP contribution in [0.1, 0.15) is 219 Å². The molecule has 0 aromatic carbocycles. The average molecular weight is 651 g/mol. The van der Waals surface area contributed by atoms with Crippen LogP contribution in [0.25, 0.3) is 0 Å². The molecule has 0 aliphatic carbocycles. The summed E-state index contributed by atoms with van der Waals surface area (Å²) in [5.74, 6) is 0.0158. The number of unbranched alkanes of at least 4 members (excludes halogenated alkanes) is 29. The molecule has 4 nitrogen and oxygen atoms in total. The molecule has 258 valence electrons. The van der Waals surface area contributed by atoms with E-state index in [1.165, 1.54) is 186 Å². The van der Waals surface area contributed by atoms with E-state index in [1.807, 2.05) is 0 Å². The zero-order chi connectivity index (χ0) is 31.5. The predicted molar refractivity (Wildman–Crippen MR) is 187 cm³/mol. The third kappa shape index (κ3) is 40.6. The Morgan fingerprint density at radius 1 is 0.500 bits per heavy atom. The number of hydrogen-bond acceptors (Lipinski definition) is 4. The monoisotopic (exact) mass is 651 g/mol. The minimum atomic E-state index is -4.62. The Balaban J connectivity index is 0. The zero-order valence-corrected chi connectivity index (χ0v) is 32.9. The van der Waals surface area contributed by atoms with Crippen molar-refractivity contribution in [3.05, 3.63) is 12.2 Å². The second kappa shape index (κ2) is 38.1. The first-order chi connectivity index (χ1) is 21.0. The Morgan fingerprint density at radius 2 is 0.795 bits per heavy atom. The van der Waals surface area contributed by atoms with E-state index >= 15 is 0 Å². The molecule has 0 bridgehead atoms. The predicted octanol–water partition coefficient (Wildman–Crippen LogP) is 10.2. The topological polar surface area (TPSA) is 66.4 Å². The average Bonchev–Trinajstić information content (AvgIpc) is 2.98. The smallest absolute Gasteiger partial charge is 0.726 e. The molecule has 0 spiro atoms. The first-order valence-corrected chi connectivity index (χ1v) is 20.6. The van der Waals surface area contributed by atoms with Crippen LogP contribution >= 0.6 is 0 Å². The van der Waals surface area contributed by atoms with Crippen LogP contribution in [0.5, 0.6) is 0 Å². The quantitative estimate of drug-likeness (QED) is 0.0223. The summed E-state index contributed by atoms with van der Waals surface area (Å²) >= 11 is 0. The van der Waals surface area contributed by atoms with Crippen molar-refractivity contribution in [2.75, 3.05) is 6.61 Å². The zero-order valence-electron chi connectivity index (χ0n) is 30.1. The summed E-state index contributed by atoms with van der Waals surface area (Å²) in [7, 11) is -4.62. The molecule has 1 unspecified atom stereocenters. The van der Waals surface area contributed by atoms with E-state index in [2.05, 4.69) is 30.2 Å². The van der Waals surface area contributed by atoms with Crippen molar-refractivity contribution in [3.63, 3.8) is 0 Å². The van der Waals surface area contributed by atoms with E-state index in [-0.39, 0.29) is 42.1 Å².